The Morgan fingerprint density at radius 1 is 1.19 bits per heavy atom. The minimum atomic E-state index is -0.369. The number of rotatable bonds is 5. The van der Waals surface area contributed by atoms with Gasteiger partial charge in [0.05, 0.1) is 19.8 Å². The molecule has 0 amide bonds. The van der Waals surface area contributed by atoms with Gasteiger partial charge in [0.25, 0.3) is 0 Å². The lowest BCUT2D eigenvalue weighted by atomic mass is 10.0. The number of ether oxygens (including phenoxy) is 3. The fourth-order valence-corrected chi connectivity index (χ4v) is 3.56. The van der Waals surface area contributed by atoms with Crippen molar-refractivity contribution in [3.8, 4) is 11.4 Å². The van der Waals surface area contributed by atoms with E-state index in [1.54, 1.807) is 6.92 Å². The van der Waals surface area contributed by atoms with Gasteiger partial charge in [-0.25, -0.2) is 4.68 Å². The number of hydrogen-bond donors (Lipinski definition) is 0. The van der Waals surface area contributed by atoms with E-state index in [0.29, 0.717) is 25.6 Å². The number of carbonyl (C=O) groups excluding carboxylic acids is 1. The maximum atomic E-state index is 11.7. The topological polar surface area (TPSA) is 91.6 Å². The van der Waals surface area contributed by atoms with Gasteiger partial charge in [0.2, 0.25) is 0 Å². The molecule has 9 nitrogen and oxygen atoms in total. The van der Waals surface area contributed by atoms with Gasteiger partial charge in [0.15, 0.2) is 11.6 Å². The molecule has 0 radical (unpaired) electrons. The summed E-state index contributed by atoms with van der Waals surface area (Å²) in [6.45, 7) is 5.25. The maximum Gasteiger partial charge on any atom is 0.327 e. The van der Waals surface area contributed by atoms with Crippen molar-refractivity contribution < 1.29 is 19.0 Å². The maximum absolute atomic E-state index is 11.7. The lowest BCUT2D eigenvalue weighted by Gasteiger charge is -2.38. The van der Waals surface area contributed by atoms with E-state index in [9.17, 15) is 4.79 Å². The van der Waals surface area contributed by atoms with Gasteiger partial charge in [-0.15, -0.1) is 5.10 Å². The number of aromatic nitrogens is 4. The first-order chi connectivity index (χ1) is 13.2. The summed E-state index contributed by atoms with van der Waals surface area (Å²) in [5, 5.41) is 11.6. The molecule has 2 aliphatic rings. The van der Waals surface area contributed by atoms with Crippen molar-refractivity contribution in [2.45, 2.75) is 32.1 Å². The monoisotopic (exact) mass is 373 g/mol. The first kappa shape index (κ1) is 17.9. The molecule has 2 aliphatic heterocycles. The zero-order valence-corrected chi connectivity index (χ0v) is 15.3. The summed E-state index contributed by atoms with van der Waals surface area (Å²) in [5.74, 6) is -0.188. The average molecular weight is 373 g/mol. The van der Waals surface area contributed by atoms with E-state index in [1.807, 2.05) is 24.3 Å². The molecule has 1 spiro atoms. The highest BCUT2D eigenvalue weighted by Gasteiger charge is 2.39. The lowest BCUT2D eigenvalue weighted by molar-refractivity contribution is -0.169. The number of hydrogen-bond acceptors (Lipinski definition) is 8. The summed E-state index contributed by atoms with van der Waals surface area (Å²) < 4.78 is 18.0. The second-order valence-corrected chi connectivity index (χ2v) is 6.61. The van der Waals surface area contributed by atoms with E-state index in [-0.39, 0.29) is 18.3 Å². The average Bonchev–Trinajstić information content (AvgIpc) is 3.33. The molecular formula is C18H23N5O4. The van der Waals surface area contributed by atoms with Crippen LogP contribution in [0.2, 0.25) is 0 Å². The number of tetrazole rings is 1. The van der Waals surface area contributed by atoms with Crippen molar-refractivity contribution in [3.63, 3.8) is 0 Å². The predicted octanol–water partition coefficient (Wildman–Crippen LogP) is 1.25. The van der Waals surface area contributed by atoms with E-state index >= 15 is 0 Å². The minimum Gasteiger partial charge on any atom is -0.465 e. The van der Waals surface area contributed by atoms with Crippen LogP contribution < -0.4 is 4.90 Å². The van der Waals surface area contributed by atoms with Gasteiger partial charge in [-0.1, -0.05) is 0 Å². The molecule has 1 aromatic heterocycles. The highest BCUT2D eigenvalue weighted by Crippen LogP contribution is 2.33. The van der Waals surface area contributed by atoms with Crippen LogP contribution >= 0.6 is 0 Å². The fourth-order valence-electron chi connectivity index (χ4n) is 3.56. The van der Waals surface area contributed by atoms with Gasteiger partial charge in [-0.2, -0.15) is 0 Å². The Labute approximate surface area is 157 Å². The van der Waals surface area contributed by atoms with Crippen LogP contribution in [0.5, 0.6) is 0 Å². The second kappa shape index (κ2) is 7.61. The van der Waals surface area contributed by atoms with Crippen LogP contribution in [0, 0.1) is 0 Å². The Hall–Kier alpha value is -2.52. The molecule has 0 atom stereocenters. The fraction of sp³-hybridized carbons (Fsp3) is 0.556. The van der Waals surface area contributed by atoms with Crippen molar-refractivity contribution in [2.24, 2.45) is 0 Å². The Balaban J connectivity index is 1.43. The number of nitrogens with zero attached hydrogens (tertiary/aromatic N) is 5. The Bertz CT molecular complexity index is 775. The highest BCUT2D eigenvalue weighted by atomic mass is 16.7. The predicted molar refractivity (Wildman–Crippen MR) is 96.0 cm³/mol. The zero-order chi connectivity index (χ0) is 18.7. The Morgan fingerprint density at radius 3 is 2.56 bits per heavy atom. The van der Waals surface area contributed by atoms with Gasteiger partial charge < -0.3 is 19.1 Å². The molecule has 1 aromatic carbocycles. The van der Waals surface area contributed by atoms with Crippen LogP contribution in [-0.2, 0) is 25.5 Å². The van der Waals surface area contributed by atoms with Crippen LogP contribution in [0.3, 0.4) is 0 Å². The molecule has 9 heteroatoms. The third-order valence-electron chi connectivity index (χ3n) is 4.95. The van der Waals surface area contributed by atoms with Gasteiger partial charge in [-0.3, -0.25) is 4.79 Å². The first-order valence-corrected chi connectivity index (χ1v) is 9.24. The van der Waals surface area contributed by atoms with Gasteiger partial charge in [-0.05, 0) is 41.6 Å². The summed E-state index contributed by atoms with van der Waals surface area (Å²) in [7, 11) is 0. The number of esters is 1. The van der Waals surface area contributed by atoms with Crippen molar-refractivity contribution >= 4 is 11.7 Å². The largest absolute Gasteiger partial charge is 0.465 e. The summed E-state index contributed by atoms with van der Waals surface area (Å²) in [5.41, 5.74) is 1.99. The van der Waals surface area contributed by atoms with Gasteiger partial charge in [0.1, 0.15) is 6.54 Å². The van der Waals surface area contributed by atoms with Crippen LogP contribution in [0.25, 0.3) is 11.4 Å². The van der Waals surface area contributed by atoms with Gasteiger partial charge in [0, 0.05) is 37.2 Å². The van der Waals surface area contributed by atoms with E-state index in [0.717, 1.165) is 37.2 Å². The third-order valence-corrected chi connectivity index (χ3v) is 4.95. The molecule has 3 heterocycles. The highest BCUT2D eigenvalue weighted by molar-refractivity contribution is 5.70. The molecule has 0 N–H and O–H groups in total. The molecule has 0 saturated carbocycles. The number of benzene rings is 1. The van der Waals surface area contributed by atoms with E-state index in [4.69, 9.17) is 14.2 Å². The molecule has 2 fully saturated rings. The number of carbonyl (C=O) groups is 1. The Kier molecular flexibility index (Phi) is 5.04. The minimum absolute atomic E-state index is 0.00781. The van der Waals surface area contributed by atoms with Crippen LogP contribution in [0.4, 0.5) is 5.69 Å². The lowest BCUT2D eigenvalue weighted by Crippen LogP contribution is -2.45. The Morgan fingerprint density at radius 2 is 1.89 bits per heavy atom. The van der Waals surface area contributed by atoms with Crippen LogP contribution in [0.1, 0.15) is 19.8 Å². The van der Waals surface area contributed by atoms with Gasteiger partial charge >= 0.3 is 5.97 Å². The standard InChI is InChI=1S/C18H23N5O4/c1-2-25-16(24)13-23-17(19-20-21-23)14-3-5-15(6-4-14)22-9-7-18(8-10-22)26-11-12-27-18/h3-6H,2,7-13H2,1H3. The molecule has 27 heavy (non-hydrogen) atoms. The third kappa shape index (κ3) is 3.79. The molecule has 2 aromatic rings. The summed E-state index contributed by atoms with van der Waals surface area (Å²) in [6.07, 6.45) is 1.74. The molecule has 2 saturated heterocycles. The molecule has 0 bridgehead atoms. The molecule has 0 unspecified atom stereocenters. The summed E-state index contributed by atoms with van der Waals surface area (Å²) in [6, 6.07) is 8.03. The molecular weight excluding hydrogens is 350 g/mol. The summed E-state index contributed by atoms with van der Waals surface area (Å²) in [4.78, 5) is 14.0. The molecule has 144 valence electrons. The van der Waals surface area contributed by atoms with Crippen molar-refractivity contribution in [1.82, 2.24) is 20.2 Å². The van der Waals surface area contributed by atoms with E-state index in [2.05, 4.69) is 20.4 Å². The van der Waals surface area contributed by atoms with Crippen LogP contribution in [0.15, 0.2) is 24.3 Å². The van der Waals surface area contributed by atoms with Crippen molar-refractivity contribution in [2.75, 3.05) is 37.8 Å². The van der Waals surface area contributed by atoms with Crippen molar-refractivity contribution in [3.05, 3.63) is 24.3 Å². The quantitative estimate of drug-likeness (QED) is 0.723. The molecule has 0 aliphatic carbocycles. The first-order valence-electron chi connectivity index (χ1n) is 9.24. The van der Waals surface area contributed by atoms with Crippen molar-refractivity contribution in [1.29, 1.82) is 0 Å². The van der Waals surface area contributed by atoms with E-state index < -0.39 is 0 Å². The SMILES string of the molecule is CCOC(=O)Cn1nnnc1-c1ccc(N2CCC3(CC2)OCCO3)cc1. The second-order valence-electron chi connectivity index (χ2n) is 6.61. The smallest absolute Gasteiger partial charge is 0.327 e. The molecule has 4 rings (SSSR count). The number of anilines is 1. The van der Waals surface area contributed by atoms with E-state index in [1.165, 1.54) is 4.68 Å². The summed E-state index contributed by atoms with van der Waals surface area (Å²) >= 11 is 0. The van der Waals surface area contributed by atoms with Crippen LogP contribution in [-0.4, -0.2) is 64.9 Å². The zero-order valence-electron chi connectivity index (χ0n) is 15.3. The normalized spacial score (nSPS) is 18.8. The number of piperidine rings is 1.